The normalized spacial score (nSPS) is 20.4. The number of benzene rings is 2. The zero-order valence-electron chi connectivity index (χ0n) is 18.0. The second-order valence-electron chi connectivity index (χ2n) is 8.75. The van der Waals surface area contributed by atoms with Crippen molar-refractivity contribution in [3.8, 4) is 17.2 Å². The van der Waals surface area contributed by atoms with E-state index in [0.717, 1.165) is 49.3 Å². The van der Waals surface area contributed by atoms with Gasteiger partial charge in [0.05, 0.1) is 13.1 Å². The third-order valence-corrected chi connectivity index (χ3v) is 6.23. The molecule has 0 radical (unpaired) electrons. The fourth-order valence-electron chi connectivity index (χ4n) is 4.47. The Morgan fingerprint density at radius 2 is 1.90 bits per heavy atom. The van der Waals surface area contributed by atoms with Gasteiger partial charge in [0.1, 0.15) is 12.3 Å². The number of likely N-dealkylation sites (tertiary alicyclic amines) is 1. The van der Waals surface area contributed by atoms with Crippen LogP contribution in [0, 0.1) is 12.8 Å². The number of aromatic hydroxyl groups is 1. The number of anilines is 1. The van der Waals surface area contributed by atoms with Crippen molar-refractivity contribution in [2.24, 2.45) is 5.92 Å². The largest absolute Gasteiger partial charge is 0.507 e. The fourth-order valence-corrected chi connectivity index (χ4v) is 4.47. The van der Waals surface area contributed by atoms with E-state index in [0.29, 0.717) is 23.2 Å². The molecule has 0 aromatic heterocycles. The van der Waals surface area contributed by atoms with Crippen LogP contribution in [0.1, 0.15) is 49.3 Å². The lowest BCUT2D eigenvalue weighted by molar-refractivity contribution is -0.919. The predicted molar refractivity (Wildman–Crippen MR) is 115 cm³/mol. The number of phenolic OH excluding ortho intramolecular Hbond substituents is 1. The Labute approximate surface area is 177 Å². The molecule has 4 rings (SSSR count). The van der Waals surface area contributed by atoms with Gasteiger partial charge in [0.2, 0.25) is 12.7 Å². The number of quaternary nitrogens is 1. The monoisotopic (exact) mass is 411 g/mol. The van der Waals surface area contributed by atoms with Crippen molar-refractivity contribution in [3.05, 3.63) is 47.0 Å². The molecular formula is C24H31N2O4+. The lowest BCUT2D eigenvalue weighted by Crippen LogP contribution is -3.11. The van der Waals surface area contributed by atoms with Crippen LogP contribution in [0.5, 0.6) is 17.2 Å². The third-order valence-electron chi connectivity index (χ3n) is 6.23. The summed E-state index contributed by atoms with van der Waals surface area (Å²) in [7, 11) is 0. The molecule has 2 aromatic rings. The lowest BCUT2D eigenvalue weighted by atomic mass is 9.93. The quantitative estimate of drug-likeness (QED) is 0.707. The molecule has 3 N–H and O–H groups in total. The summed E-state index contributed by atoms with van der Waals surface area (Å²) in [4.78, 5) is 14.1. The highest BCUT2D eigenvalue weighted by molar-refractivity contribution is 5.92. The summed E-state index contributed by atoms with van der Waals surface area (Å²) >= 11 is 0. The molecule has 1 amide bonds. The number of fused-ring (bicyclic) bond motifs is 1. The van der Waals surface area contributed by atoms with E-state index in [1.54, 1.807) is 0 Å². The maximum absolute atomic E-state index is 12.7. The van der Waals surface area contributed by atoms with E-state index >= 15 is 0 Å². The molecule has 2 aliphatic rings. The van der Waals surface area contributed by atoms with Gasteiger partial charge in [0.15, 0.2) is 11.5 Å². The first-order valence-corrected chi connectivity index (χ1v) is 10.8. The number of phenols is 1. The van der Waals surface area contributed by atoms with Gasteiger partial charge in [-0.3, -0.25) is 4.79 Å². The molecule has 0 spiro atoms. The number of aryl methyl sites for hydroxylation is 1. The zero-order chi connectivity index (χ0) is 21.3. The van der Waals surface area contributed by atoms with Crippen LogP contribution in [-0.4, -0.2) is 30.9 Å². The maximum Gasteiger partial charge on any atom is 0.231 e. The van der Waals surface area contributed by atoms with Crippen molar-refractivity contribution in [3.63, 3.8) is 0 Å². The summed E-state index contributed by atoms with van der Waals surface area (Å²) in [6.45, 7) is 9.27. The van der Waals surface area contributed by atoms with Crippen LogP contribution in [0.15, 0.2) is 30.3 Å². The highest BCUT2D eigenvalue weighted by atomic mass is 16.7. The second-order valence-corrected chi connectivity index (χ2v) is 8.75. The van der Waals surface area contributed by atoms with Crippen LogP contribution in [-0.2, 0) is 11.3 Å². The van der Waals surface area contributed by atoms with Gasteiger partial charge in [-0.1, -0.05) is 13.8 Å². The van der Waals surface area contributed by atoms with E-state index in [1.165, 1.54) is 10.5 Å². The van der Waals surface area contributed by atoms with E-state index in [1.807, 2.05) is 24.3 Å². The highest BCUT2D eigenvalue weighted by Crippen LogP contribution is 2.34. The summed E-state index contributed by atoms with van der Waals surface area (Å²) in [5.74, 6) is 2.28. The Kier molecular flexibility index (Phi) is 5.86. The number of hydrogen-bond donors (Lipinski definition) is 3. The van der Waals surface area contributed by atoms with Gasteiger partial charge in [-0.15, -0.1) is 0 Å². The number of carbonyl (C=O) groups excluding carboxylic acids is 1. The number of amides is 1. The predicted octanol–water partition coefficient (Wildman–Crippen LogP) is 2.99. The second kappa shape index (κ2) is 8.56. The van der Waals surface area contributed by atoms with E-state index < -0.39 is 0 Å². The van der Waals surface area contributed by atoms with Crippen molar-refractivity contribution in [2.45, 2.75) is 46.1 Å². The van der Waals surface area contributed by atoms with Crippen LogP contribution in [0.25, 0.3) is 0 Å². The topological polar surface area (TPSA) is 72.2 Å². The summed E-state index contributed by atoms with van der Waals surface area (Å²) in [5, 5.41) is 13.4. The van der Waals surface area contributed by atoms with Crippen LogP contribution >= 0.6 is 0 Å². The molecule has 6 nitrogen and oxygen atoms in total. The molecule has 2 aliphatic heterocycles. The van der Waals surface area contributed by atoms with Crippen molar-refractivity contribution < 1.29 is 24.3 Å². The summed E-state index contributed by atoms with van der Waals surface area (Å²) in [6.07, 6.45) is 1.69. The molecule has 0 aliphatic carbocycles. The van der Waals surface area contributed by atoms with Crippen molar-refractivity contribution in [2.75, 3.05) is 25.2 Å². The van der Waals surface area contributed by atoms with Crippen LogP contribution in [0.4, 0.5) is 5.69 Å². The molecule has 30 heavy (non-hydrogen) atoms. The number of piperidine rings is 1. The van der Waals surface area contributed by atoms with Crippen LogP contribution < -0.4 is 19.7 Å². The van der Waals surface area contributed by atoms with Gasteiger partial charge < -0.3 is 24.8 Å². The summed E-state index contributed by atoms with van der Waals surface area (Å²) in [5.41, 5.74) is 4.17. The smallest absolute Gasteiger partial charge is 0.231 e. The molecule has 0 unspecified atom stereocenters. The fraction of sp³-hybridized carbons (Fsp3) is 0.458. The van der Waals surface area contributed by atoms with Gasteiger partial charge in [-0.2, -0.15) is 0 Å². The van der Waals surface area contributed by atoms with E-state index in [9.17, 15) is 9.90 Å². The Balaban J connectivity index is 1.33. The molecule has 1 fully saturated rings. The number of carbonyl (C=O) groups is 1. The van der Waals surface area contributed by atoms with E-state index in [4.69, 9.17) is 9.47 Å². The number of rotatable bonds is 5. The maximum atomic E-state index is 12.7. The van der Waals surface area contributed by atoms with E-state index in [2.05, 4.69) is 32.2 Å². The van der Waals surface area contributed by atoms with Crippen LogP contribution in [0.3, 0.4) is 0 Å². The first-order valence-electron chi connectivity index (χ1n) is 10.8. The minimum atomic E-state index is 0.0111. The van der Waals surface area contributed by atoms with Crippen molar-refractivity contribution >= 4 is 11.6 Å². The lowest BCUT2D eigenvalue weighted by Gasteiger charge is -2.29. The molecule has 2 aromatic carbocycles. The van der Waals surface area contributed by atoms with Crippen molar-refractivity contribution in [1.29, 1.82) is 0 Å². The molecule has 0 bridgehead atoms. The van der Waals surface area contributed by atoms with Gasteiger partial charge in [-0.05, 0) is 48.2 Å². The molecule has 160 valence electrons. The highest BCUT2D eigenvalue weighted by Gasteiger charge is 2.28. The average molecular weight is 412 g/mol. The van der Waals surface area contributed by atoms with Gasteiger partial charge >= 0.3 is 0 Å². The average Bonchev–Trinajstić information content (AvgIpc) is 3.18. The van der Waals surface area contributed by atoms with Gasteiger partial charge in [-0.25, -0.2) is 0 Å². The van der Waals surface area contributed by atoms with E-state index in [-0.39, 0.29) is 18.6 Å². The third kappa shape index (κ3) is 4.38. The SMILES string of the molecule is Cc1cc(O)c(C[NH+]2CCC(C(=O)Nc3ccc4c(c3)OCO4)CC2)cc1C(C)C. The minimum absolute atomic E-state index is 0.0111. The molecule has 0 atom stereocenters. The first kappa shape index (κ1) is 20.5. The zero-order valence-corrected chi connectivity index (χ0v) is 18.0. The molecule has 0 saturated carbocycles. The van der Waals surface area contributed by atoms with Gasteiger partial charge in [0, 0.05) is 36.1 Å². The molecular weight excluding hydrogens is 380 g/mol. The minimum Gasteiger partial charge on any atom is -0.507 e. The molecule has 6 heteroatoms. The Morgan fingerprint density at radius 3 is 2.63 bits per heavy atom. The molecule has 2 heterocycles. The Bertz CT molecular complexity index is 933. The first-order chi connectivity index (χ1) is 14.4. The Morgan fingerprint density at radius 1 is 1.17 bits per heavy atom. The van der Waals surface area contributed by atoms with Crippen LogP contribution in [0.2, 0.25) is 0 Å². The van der Waals surface area contributed by atoms with Gasteiger partial charge in [0.25, 0.3) is 0 Å². The standard InChI is InChI=1S/C24H30N2O4/c1-15(2)20-11-18(21(27)10-16(20)3)13-26-8-6-17(7-9-26)24(28)25-19-4-5-22-23(12-19)30-14-29-22/h4-5,10-12,15,17,27H,6-9,13-14H2,1-3H3,(H,25,28)/p+1. The Hall–Kier alpha value is -2.73. The number of nitrogens with one attached hydrogen (secondary N) is 2. The number of hydrogen-bond acceptors (Lipinski definition) is 4. The molecule has 1 saturated heterocycles. The summed E-state index contributed by atoms with van der Waals surface area (Å²) < 4.78 is 10.7. The summed E-state index contributed by atoms with van der Waals surface area (Å²) in [6, 6.07) is 9.52. The van der Waals surface area contributed by atoms with Crippen molar-refractivity contribution in [1.82, 2.24) is 0 Å². The number of ether oxygens (including phenoxy) is 2.